The maximum Gasteiger partial charge on any atom is 0.318 e. The van der Waals surface area contributed by atoms with E-state index in [-0.39, 0.29) is 11.1 Å². The van der Waals surface area contributed by atoms with Crippen molar-refractivity contribution in [1.29, 1.82) is 0 Å². The number of urea groups is 1. The average Bonchev–Trinajstić information content (AvgIpc) is 2.87. The van der Waals surface area contributed by atoms with Gasteiger partial charge in [-0.1, -0.05) is 23.2 Å². The van der Waals surface area contributed by atoms with Crippen LogP contribution < -0.4 is 5.32 Å². The van der Waals surface area contributed by atoms with Gasteiger partial charge in [-0.3, -0.25) is 0 Å². The first-order valence-electron chi connectivity index (χ1n) is 6.68. The van der Waals surface area contributed by atoms with Gasteiger partial charge in [0.15, 0.2) is 4.67 Å². The monoisotopic (exact) mass is 422 g/mol. The Hall–Kier alpha value is -1.24. The zero-order chi connectivity index (χ0) is 17.1. The molecule has 2 rings (SSSR count). The molecule has 2 amide bonds. The highest BCUT2D eigenvalue weighted by Gasteiger charge is 2.18. The Labute approximate surface area is 151 Å². The predicted molar refractivity (Wildman–Crippen MR) is 91.2 cm³/mol. The van der Waals surface area contributed by atoms with Crippen molar-refractivity contribution in [2.24, 2.45) is 0 Å². The fourth-order valence-electron chi connectivity index (χ4n) is 1.99. The van der Waals surface area contributed by atoms with Crippen molar-refractivity contribution >= 4 is 45.2 Å². The molecule has 1 unspecified atom stereocenters. The molecule has 1 N–H and O–H groups in total. The smallest absolute Gasteiger partial charge is 0.318 e. The number of rotatable bonds is 4. The summed E-state index contributed by atoms with van der Waals surface area (Å²) in [6.07, 6.45) is 0. The molecule has 0 radical (unpaired) electrons. The molecule has 1 aromatic carbocycles. The second kappa shape index (κ2) is 7.55. The van der Waals surface area contributed by atoms with E-state index in [1.165, 1.54) is 17.0 Å². The third-order valence-corrected chi connectivity index (χ3v) is 4.26. The third kappa shape index (κ3) is 4.62. The number of carbonyl (C=O) groups excluding carboxylic acids is 1. The van der Waals surface area contributed by atoms with Crippen molar-refractivity contribution in [2.45, 2.75) is 19.5 Å². The summed E-state index contributed by atoms with van der Waals surface area (Å²) in [4.78, 5) is 13.6. The number of hydrogen-bond donors (Lipinski definition) is 1. The standard InChI is InChI=1S/C15H14BrCl2FN2O2/c1-8(10-5-13(19)12(18)6-11(10)17)20-15(22)21(2)7-9-3-4-14(16)23-9/h3-6,8H,7H2,1-2H3,(H,20,22). The van der Waals surface area contributed by atoms with Gasteiger partial charge in [0.05, 0.1) is 17.6 Å². The Morgan fingerprint density at radius 1 is 1.39 bits per heavy atom. The molecular formula is C15H14BrCl2FN2O2. The summed E-state index contributed by atoms with van der Waals surface area (Å²) < 4.78 is 19.5. The maximum atomic E-state index is 13.6. The van der Waals surface area contributed by atoms with Crippen molar-refractivity contribution < 1.29 is 13.6 Å². The summed E-state index contributed by atoms with van der Waals surface area (Å²) >= 11 is 14.9. The molecule has 0 saturated heterocycles. The third-order valence-electron chi connectivity index (χ3n) is 3.21. The number of furan rings is 1. The van der Waals surface area contributed by atoms with Crippen LogP contribution in [0.2, 0.25) is 10.0 Å². The minimum atomic E-state index is -0.582. The van der Waals surface area contributed by atoms with Gasteiger partial charge in [-0.25, -0.2) is 9.18 Å². The second-order valence-electron chi connectivity index (χ2n) is 5.02. The van der Waals surface area contributed by atoms with Crippen LogP contribution in [-0.4, -0.2) is 18.0 Å². The van der Waals surface area contributed by atoms with E-state index in [0.717, 1.165) is 0 Å². The van der Waals surface area contributed by atoms with Gasteiger partial charge in [0.2, 0.25) is 0 Å². The van der Waals surface area contributed by atoms with Crippen LogP contribution in [0.3, 0.4) is 0 Å². The highest BCUT2D eigenvalue weighted by atomic mass is 79.9. The van der Waals surface area contributed by atoms with Crippen LogP contribution in [0, 0.1) is 5.82 Å². The number of nitrogens with zero attached hydrogens (tertiary/aromatic N) is 1. The van der Waals surface area contributed by atoms with E-state index in [0.29, 0.717) is 27.6 Å². The predicted octanol–water partition coefficient (Wildman–Crippen LogP) is 5.39. The van der Waals surface area contributed by atoms with Crippen molar-refractivity contribution in [2.75, 3.05) is 7.05 Å². The lowest BCUT2D eigenvalue weighted by Crippen LogP contribution is -2.38. The lowest BCUT2D eigenvalue weighted by atomic mass is 10.1. The van der Waals surface area contributed by atoms with Gasteiger partial charge in [-0.15, -0.1) is 0 Å². The first-order valence-corrected chi connectivity index (χ1v) is 8.23. The largest absolute Gasteiger partial charge is 0.452 e. The van der Waals surface area contributed by atoms with Crippen LogP contribution in [0.25, 0.3) is 0 Å². The molecular weight excluding hydrogens is 410 g/mol. The molecule has 0 saturated carbocycles. The van der Waals surface area contributed by atoms with Crippen LogP contribution in [0.4, 0.5) is 9.18 Å². The lowest BCUT2D eigenvalue weighted by Gasteiger charge is -2.21. The Bertz CT molecular complexity index is 723. The van der Waals surface area contributed by atoms with E-state index < -0.39 is 11.9 Å². The first kappa shape index (κ1) is 18.1. The van der Waals surface area contributed by atoms with Gasteiger partial charge in [-0.05, 0) is 52.7 Å². The van der Waals surface area contributed by atoms with E-state index in [4.69, 9.17) is 27.6 Å². The molecule has 124 valence electrons. The molecule has 1 aromatic heterocycles. The molecule has 0 aliphatic rings. The first-order chi connectivity index (χ1) is 10.8. The molecule has 4 nitrogen and oxygen atoms in total. The normalized spacial score (nSPS) is 12.1. The summed E-state index contributed by atoms with van der Waals surface area (Å²) in [5, 5.41) is 2.99. The maximum absolute atomic E-state index is 13.6. The molecule has 1 heterocycles. The van der Waals surface area contributed by atoms with E-state index in [1.807, 2.05) is 0 Å². The van der Waals surface area contributed by atoms with Crippen molar-refractivity contribution in [1.82, 2.24) is 10.2 Å². The van der Waals surface area contributed by atoms with E-state index in [1.54, 1.807) is 26.1 Å². The van der Waals surface area contributed by atoms with Crippen molar-refractivity contribution in [3.05, 3.63) is 56.1 Å². The molecule has 0 bridgehead atoms. The number of amides is 2. The highest BCUT2D eigenvalue weighted by molar-refractivity contribution is 9.10. The van der Waals surface area contributed by atoms with Gasteiger partial charge in [0.25, 0.3) is 0 Å². The molecule has 0 fully saturated rings. The summed E-state index contributed by atoms with van der Waals surface area (Å²) in [6.45, 7) is 2.01. The molecule has 0 aliphatic heterocycles. The van der Waals surface area contributed by atoms with Crippen LogP contribution in [0.1, 0.15) is 24.3 Å². The minimum absolute atomic E-state index is 0.0576. The number of benzene rings is 1. The summed E-state index contributed by atoms with van der Waals surface area (Å²) in [6, 6.07) is 5.24. The van der Waals surface area contributed by atoms with Crippen molar-refractivity contribution in [3.8, 4) is 0 Å². The lowest BCUT2D eigenvalue weighted by molar-refractivity contribution is 0.199. The van der Waals surface area contributed by atoms with Crippen molar-refractivity contribution in [3.63, 3.8) is 0 Å². The van der Waals surface area contributed by atoms with Crippen LogP contribution >= 0.6 is 39.1 Å². The Balaban J connectivity index is 2.03. The van der Waals surface area contributed by atoms with Gasteiger partial charge in [0, 0.05) is 12.1 Å². The molecule has 8 heteroatoms. The van der Waals surface area contributed by atoms with E-state index in [9.17, 15) is 9.18 Å². The van der Waals surface area contributed by atoms with E-state index >= 15 is 0 Å². The average molecular weight is 424 g/mol. The van der Waals surface area contributed by atoms with Crippen LogP contribution in [-0.2, 0) is 6.54 Å². The summed E-state index contributed by atoms with van der Waals surface area (Å²) in [5.74, 6) is 0.0544. The number of nitrogens with one attached hydrogen (secondary N) is 1. The van der Waals surface area contributed by atoms with Gasteiger partial charge in [-0.2, -0.15) is 0 Å². The Morgan fingerprint density at radius 2 is 2.09 bits per heavy atom. The molecule has 0 spiro atoms. The summed E-state index contributed by atoms with van der Waals surface area (Å²) in [7, 11) is 1.63. The Kier molecular flexibility index (Phi) is 5.95. The molecule has 0 aliphatic carbocycles. The fraction of sp³-hybridized carbons (Fsp3) is 0.267. The highest BCUT2D eigenvalue weighted by Crippen LogP contribution is 2.28. The molecule has 1 atom stereocenters. The molecule has 2 aromatic rings. The topological polar surface area (TPSA) is 45.5 Å². The minimum Gasteiger partial charge on any atom is -0.452 e. The quantitative estimate of drug-likeness (QED) is 0.670. The van der Waals surface area contributed by atoms with Gasteiger partial charge in [0.1, 0.15) is 11.6 Å². The second-order valence-corrected chi connectivity index (χ2v) is 6.62. The van der Waals surface area contributed by atoms with Crippen LogP contribution in [0.5, 0.6) is 0 Å². The zero-order valence-corrected chi connectivity index (χ0v) is 15.5. The van der Waals surface area contributed by atoms with Gasteiger partial charge >= 0.3 is 6.03 Å². The SMILES string of the molecule is CC(NC(=O)N(C)Cc1ccc(Br)o1)c1cc(F)c(Cl)cc1Cl. The zero-order valence-electron chi connectivity index (χ0n) is 12.4. The number of carbonyl (C=O) groups is 1. The number of hydrogen-bond acceptors (Lipinski definition) is 2. The van der Waals surface area contributed by atoms with E-state index in [2.05, 4.69) is 21.2 Å². The van der Waals surface area contributed by atoms with Crippen LogP contribution in [0.15, 0.2) is 33.4 Å². The molecule has 23 heavy (non-hydrogen) atoms. The van der Waals surface area contributed by atoms with Gasteiger partial charge < -0.3 is 14.6 Å². The fourth-order valence-corrected chi connectivity index (χ4v) is 2.87. The number of halogens is 4. The Morgan fingerprint density at radius 3 is 2.70 bits per heavy atom. The summed E-state index contributed by atoms with van der Waals surface area (Å²) in [5.41, 5.74) is 0.455.